The summed E-state index contributed by atoms with van der Waals surface area (Å²) in [6.45, 7) is 3.63. The van der Waals surface area contributed by atoms with E-state index >= 15 is 0 Å². The van der Waals surface area contributed by atoms with Crippen molar-refractivity contribution in [2.75, 3.05) is 25.1 Å². The van der Waals surface area contributed by atoms with Gasteiger partial charge in [-0.05, 0) is 18.9 Å². The zero-order valence-corrected chi connectivity index (χ0v) is 15.2. The van der Waals surface area contributed by atoms with E-state index in [0.717, 1.165) is 40.1 Å². The molecule has 0 aliphatic carbocycles. The van der Waals surface area contributed by atoms with Crippen LogP contribution in [-0.2, 0) is 11.3 Å². The molecule has 0 bridgehead atoms. The van der Waals surface area contributed by atoms with Crippen molar-refractivity contribution in [3.63, 3.8) is 0 Å². The minimum absolute atomic E-state index is 0.381. The molecule has 3 aromatic rings. The SMILES string of the molecule is COCc1nc(N2CCC(C)(O)C2)c2c(-c3ccccc3)csc2n1. The van der Waals surface area contributed by atoms with Crippen LogP contribution >= 0.6 is 11.3 Å². The Bertz CT molecular complexity index is 892. The smallest absolute Gasteiger partial charge is 0.158 e. The van der Waals surface area contributed by atoms with E-state index in [4.69, 9.17) is 9.72 Å². The third-order valence-electron chi connectivity index (χ3n) is 4.57. The summed E-state index contributed by atoms with van der Waals surface area (Å²) in [5, 5.41) is 13.6. The molecule has 0 amide bonds. The van der Waals surface area contributed by atoms with Gasteiger partial charge in [-0.2, -0.15) is 0 Å². The molecule has 0 radical (unpaired) electrons. The first-order valence-electron chi connectivity index (χ1n) is 8.37. The standard InChI is InChI=1S/C19H21N3O2S/c1-19(23)8-9-22(12-19)17-16-14(13-6-4-3-5-7-13)11-25-18(16)21-15(20-17)10-24-2/h3-7,11,23H,8-10,12H2,1-2H3. The fraction of sp³-hybridized carbons (Fsp3) is 0.368. The fourth-order valence-corrected chi connectivity index (χ4v) is 4.31. The fourth-order valence-electron chi connectivity index (χ4n) is 3.34. The second-order valence-electron chi connectivity index (χ2n) is 6.76. The van der Waals surface area contributed by atoms with Gasteiger partial charge in [0.05, 0.1) is 11.0 Å². The Morgan fingerprint density at radius 2 is 2.08 bits per heavy atom. The van der Waals surface area contributed by atoms with E-state index in [1.807, 2.05) is 25.1 Å². The number of ether oxygens (including phenoxy) is 1. The van der Waals surface area contributed by atoms with Crippen LogP contribution in [0.4, 0.5) is 5.82 Å². The van der Waals surface area contributed by atoms with Crippen molar-refractivity contribution >= 4 is 27.4 Å². The summed E-state index contributed by atoms with van der Waals surface area (Å²) in [6.07, 6.45) is 0.739. The van der Waals surface area contributed by atoms with Crippen LogP contribution in [0, 0.1) is 0 Å². The highest BCUT2D eigenvalue weighted by Gasteiger charge is 2.33. The predicted molar refractivity (Wildman–Crippen MR) is 101 cm³/mol. The zero-order valence-electron chi connectivity index (χ0n) is 14.4. The van der Waals surface area contributed by atoms with Crippen LogP contribution in [0.2, 0.25) is 0 Å². The lowest BCUT2D eigenvalue weighted by Crippen LogP contribution is -2.30. The monoisotopic (exact) mass is 355 g/mol. The van der Waals surface area contributed by atoms with E-state index in [9.17, 15) is 5.11 Å². The van der Waals surface area contributed by atoms with Gasteiger partial charge in [-0.3, -0.25) is 0 Å². The van der Waals surface area contributed by atoms with E-state index in [1.54, 1.807) is 18.4 Å². The molecule has 4 rings (SSSR count). The molecule has 1 unspecified atom stereocenters. The number of thiophene rings is 1. The summed E-state index contributed by atoms with van der Waals surface area (Å²) >= 11 is 1.63. The maximum atomic E-state index is 10.4. The Kier molecular flexibility index (Phi) is 4.19. The van der Waals surface area contributed by atoms with Crippen molar-refractivity contribution in [2.45, 2.75) is 25.6 Å². The topological polar surface area (TPSA) is 58.5 Å². The molecule has 1 aliphatic rings. The average Bonchev–Trinajstić information content (AvgIpc) is 3.18. The van der Waals surface area contributed by atoms with Crippen LogP contribution in [0.3, 0.4) is 0 Å². The van der Waals surface area contributed by atoms with E-state index in [-0.39, 0.29) is 0 Å². The summed E-state index contributed by atoms with van der Waals surface area (Å²) in [5.41, 5.74) is 1.62. The predicted octanol–water partition coefficient (Wildman–Crippen LogP) is 3.47. The van der Waals surface area contributed by atoms with E-state index in [0.29, 0.717) is 19.0 Å². The summed E-state index contributed by atoms with van der Waals surface area (Å²) in [4.78, 5) is 12.6. The summed E-state index contributed by atoms with van der Waals surface area (Å²) in [5.74, 6) is 1.58. The summed E-state index contributed by atoms with van der Waals surface area (Å²) in [6, 6.07) is 10.3. The number of anilines is 1. The summed E-state index contributed by atoms with van der Waals surface area (Å²) in [7, 11) is 1.65. The van der Waals surface area contributed by atoms with E-state index < -0.39 is 5.60 Å². The Balaban J connectivity index is 1.89. The van der Waals surface area contributed by atoms with Crippen LogP contribution in [0.15, 0.2) is 35.7 Å². The molecule has 0 saturated carbocycles. The molecule has 1 N–H and O–H groups in total. The van der Waals surface area contributed by atoms with Gasteiger partial charge >= 0.3 is 0 Å². The van der Waals surface area contributed by atoms with Gasteiger partial charge in [0.2, 0.25) is 0 Å². The maximum Gasteiger partial charge on any atom is 0.158 e. The Hall–Kier alpha value is -2.02. The first kappa shape index (κ1) is 16.4. The Morgan fingerprint density at radius 3 is 2.76 bits per heavy atom. The van der Waals surface area contributed by atoms with Crippen molar-refractivity contribution < 1.29 is 9.84 Å². The van der Waals surface area contributed by atoms with Crippen LogP contribution < -0.4 is 4.90 Å². The van der Waals surface area contributed by atoms with Gasteiger partial charge in [0.1, 0.15) is 17.3 Å². The van der Waals surface area contributed by atoms with Crippen molar-refractivity contribution in [1.82, 2.24) is 9.97 Å². The van der Waals surface area contributed by atoms with Gasteiger partial charge < -0.3 is 14.7 Å². The molecule has 1 aromatic carbocycles. The number of methoxy groups -OCH3 is 1. The van der Waals surface area contributed by atoms with Crippen molar-refractivity contribution in [1.29, 1.82) is 0 Å². The number of nitrogens with zero attached hydrogens (tertiary/aromatic N) is 3. The molecule has 0 spiro atoms. The second kappa shape index (κ2) is 6.37. The molecule has 1 aliphatic heterocycles. The normalized spacial score (nSPS) is 20.5. The maximum absolute atomic E-state index is 10.4. The zero-order chi connectivity index (χ0) is 17.4. The van der Waals surface area contributed by atoms with Gasteiger partial charge in [-0.1, -0.05) is 30.3 Å². The highest BCUT2D eigenvalue weighted by molar-refractivity contribution is 7.17. The van der Waals surface area contributed by atoms with Crippen LogP contribution in [0.25, 0.3) is 21.3 Å². The minimum Gasteiger partial charge on any atom is -0.388 e. The minimum atomic E-state index is -0.679. The molecule has 1 atom stereocenters. The molecular weight excluding hydrogens is 334 g/mol. The van der Waals surface area contributed by atoms with Gasteiger partial charge in [-0.25, -0.2) is 9.97 Å². The Labute approximate surface area is 150 Å². The number of aliphatic hydroxyl groups is 1. The molecule has 3 heterocycles. The van der Waals surface area contributed by atoms with E-state index in [2.05, 4.69) is 27.4 Å². The largest absolute Gasteiger partial charge is 0.388 e. The molecule has 6 heteroatoms. The lowest BCUT2D eigenvalue weighted by Gasteiger charge is -2.21. The quantitative estimate of drug-likeness (QED) is 0.777. The van der Waals surface area contributed by atoms with Gasteiger partial charge in [0.15, 0.2) is 5.82 Å². The summed E-state index contributed by atoms with van der Waals surface area (Å²) < 4.78 is 5.24. The van der Waals surface area contributed by atoms with Crippen LogP contribution in [-0.4, -0.2) is 40.9 Å². The first-order valence-corrected chi connectivity index (χ1v) is 9.25. The molecule has 1 fully saturated rings. The molecule has 25 heavy (non-hydrogen) atoms. The molecular formula is C19H21N3O2S. The number of β-amino-alcohol motifs (C(OH)–C–C–N with tert-alkyl or cyclic N) is 1. The number of benzene rings is 1. The van der Waals surface area contributed by atoms with Crippen molar-refractivity contribution in [3.8, 4) is 11.1 Å². The van der Waals surface area contributed by atoms with E-state index in [1.165, 1.54) is 0 Å². The third kappa shape index (κ3) is 3.13. The highest BCUT2D eigenvalue weighted by atomic mass is 32.1. The lowest BCUT2D eigenvalue weighted by molar-refractivity contribution is 0.0839. The Morgan fingerprint density at radius 1 is 1.28 bits per heavy atom. The van der Waals surface area contributed by atoms with Gasteiger partial charge in [0, 0.05) is 31.1 Å². The lowest BCUT2D eigenvalue weighted by atomic mass is 10.1. The molecule has 5 nitrogen and oxygen atoms in total. The van der Waals surface area contributed by atoms with Crippen molar-refractivity contribution in [3.05, 3.63) is 41.5 Å². The molecule has 130 valence electrons. The molecule has 1 saturated heterocycles. The number of rotatable bonds is 4. The van der Waals surface area contributed by atoms with Gasteiger partial charge in [-0.15, -0.1) is 11.3 Å². The number of aromatic nitrogens is 2. The van der Waals surface area contributed by atoms with Crippen LogP contribution in [0.1, 0.15) is 19.2 Å². The second-order valence-corrected chi connectivity index (χ2v) is 7.62. The number of hydrogen-bond donors (Lipinski definition) is 1. The number of hydrogen-bond acceptors (Lipinski definition) is 6. The first-order chi connectivity index (χ1) is 12.1. The average molecular weight is 355 g/mol. The van der Waals surface area contributed by atoms with Gasteiger partial charge in [0.25, 0.3) is 0 Å². The highest BCUT2D eigenvalue weighted by Crippen LogP contribution is 2.40. The third-order valence-corrected chi connectivity index (χ3v) is 5.44. The number of fused-ring (bicyclic) bond motifs is 1. The molecule has 2 aromatic heterocycles. The van der Waals surface area contributed by atoms with Crippen LogP contribution in [0.5, 0.6) is 0 Å². The van der Waals surface area contributed by atoms with Crippen molar-refractivity contribution in [2.24, 2.45) is 0 Å².